The van der Waals surface area contributed by atoms with Crippen molar-refractivity contribution in [3.05, 3.63) is 11.4 Å². The molecule has 0 aliphatic rings. The topological polar surface area (TPSA) is 38.0 Å². The Morgan fingerprint density at radius 1 is 1.06 bits per heavy atom. The summed E-state index contributed by atoms with van der Waals surface area (Å²) in [5.74, 6) is 0.883. The van der Waals surface area contributed by atoms with Gasteiger partial charge in [0, 0.05) is 17.4 Å². The molecule has 0 fully saturated rings. The zero-order valence-corrected chi connectivity index (χ0v) is 13.1. The Morgan fingerprint density at radius 3 is 1.89 bits per heavy atom. The molecular formula is C15H28N2O. The Kier molecular flexibility index (Phi) is 3.85. The van der Waals surface area contributed by atoms with Crippen LogP contribution >= 0.6 is 0 Å². The summed E-state index contributed by atoms with van der Waals surface area (Å²) in [7, 11) is 0. The molecule has 0 bridgehead atoms. The van der Waals surface area contributed by atoms with Gasteiger partial charge in [0.15, 0.2) is 5.75 Å². The summed E-state index contributed by atoms with van der Waals surface area (Å²) >= 11 is 0. The normalized spacial score (nSPS) is 13.4. The molecule has 0 spiro atoms. The van der Waals surface area contributed by atoms with Gasteiger partial charge in [-0.25, -0.2) is 0 Å². The average molecular weight is 252 g/mol. The van der Waals surface area contributed by atoms with Crippen molar-refractivity contribution in [1.82, 2.24) is 9.78 Å². The number of aromatic nitrogens is 2. The molecule has 18 heavy (non-hydrogen) atoms. The Bertz CT molecular complexity index is 417. The number of aromatic hydroxyl groups is 1. The van der Waals surface area contributed by atoms with Crippen LogP contribution in [0.15, 0.2) is 0 Å². The van der Waals surface area contributed by atoms with Gasteiger partial charge >= 0.3 is 0 Å². The highest BCUT2D eigenvalue weighted by atomic mass is 16.3. The van der Waals surface area contributed by atoms with Crippen LogP contribution in [0.5, 0.6) is 5.75 Å². The van der Waals surface area contributed by atoms with Gasteiger partial charge in [0.05, 0.1) is 5.69 Å². The lowest BCUT2D eigenvalue weighted by atomic mass is 9.86. The predicted octanol–water partition coefficient (Wildman–Crippen LogP) is 3.84. The van der Waals surface area contributed by atoms with Crippen LogP contribution in [0.25, 0.3) is 0 Å². The Balaban J connectivity index is 3.42. The fourth-order valence-corrected chi connectivity index (χ4v) is 2.18. The van der Waals surface area contributed by atoms with E-state index in [-0.39, 0.29) is 10.8 Å². The molecule has 0 aromatic carbocycles. The SMILES string of the molecule is CC(C)Cn1nc(C(C)(C)C)c(O)c1C(C)(C)C. The van der Waals surface area contributed by atoms with Gasteiger partial charge in [-0.3, -0.25) is 4.68 Å². The summed E-state index contributed by atoms with van der Waals surface area (Å²) < 4.78 is 1.99. The van der Waals surface area contributed by atoms with Crippen LogP contribution in [0.2, 0.25) is 0 Å². The minimum absolute atomic E-state index is 0.102. The zero-order valence-electron chi connectivity index (χ0n) is 13.1. The lowest BCUT2D eigenvalue weighted by Crippen LogP contribution is -2.20. The van der Waals surface area contributed by atoms with E-state index in [0.717, 1.165) is 17.9 Å². The van der Waals surface area contributed by atoms with E-state index in [0.29, 0.717) is 11.7 Å². The van der Waals surface area contributed by atoms with E-state index in [1.165, 1.54) is 0 Å². The van der Waals surface area contributed by atoms with Crippen molar-refractivity contribution in [2.24, 2.45) is 5.92 Å². The lowest BCUT2D eigenvalue weighted by molar-refractivity contribution is 0.401. The zero-order chi connectivity index (χ0) is 14.3. The van der Waals surface area contributed by atoms with Crippen molar-refractivity contribution < 1.29 is 5.11 Å². The maximum absolute atomic E-state index is 10.5. The van der Waals surface area contributed by atoms with Crippen LogP contribution in [-0.4, -0.2) is 14.9 Å². The molecule has 0 atom stereocenters. The highest BCUT2D eigenvalue weighted by Gasteiger charge is 2.32. The third-order valence-corrected chi connectivity index (χ3v) is 2.89. The van der Waals surface area contributed by atoms with Gasteiger partial charge in [-0.15, -0.1) is 0 Å². The number of nitrogens with zero attached hydrogens (tertiary/aromatic N) is 2. The molecule has 1 aromatic heterocycles. The first-order valence-corrected chi connectivity index (χ1v) is 6.75. The Labute approximate surface area is 111 Å². The largest absolute Gasteiger partial charge is 0.504 e. The molecule has 0 unspecified atom stereocenters. The van der Waals surface area contributed by atoms with Gasteiger partial charge in [-0.2, -0.15) is 5.10 Å². The smallest absolute Gasteiger partial charge is 0.161 e. The summed E-state index contributed by atoms with van der Waals surface area (Å²) in [4.78, 5) is 0. The molecule has 0 aliphatic carbocycles. The summed E-state index contributed by atoms with van der Waals surface area (Å²) in [6.07, 6.45) is 0. The van der Waals surface area contributed by atoms with Gasteiger partial charge in [0.25, 0.3) is 0 Å². The Hall–Kier alpha value is -0.990. The van der Waals surface area contributed by atoms with Crippen LogP contribution in [0.3, 0.4) is 0 Å². The van der Waals surface area contributed by atoms with Crippen molar-refractivity contribution >= 4 is 0 Å². The quantitative estimate of drug-likeness (QED) is 0.868. The second-order valence-electron chi connectivity index (χ2n) is 7.62. The molecule has 0 amide bonds. The van der Waals surface area contributed by atoms with Crippen LogP contribution in [0, 0.1) is 5.92 Å². The summed E-state index contributed by atoms with van der Waals surface area (Å²) in [6, 6.07) is 0. The molecule has 104 valence electrons. The fraction of sp³-hybridized carbons (Fsp3) is 0.800. The van der Waals surface area contributed by atoms with E-state index < -0.39 is 0 Å². The average Bonchev–Trinajstić information content (AvgIpc) is 2.39. The van der Waals surface area contributed by atoms with Gasteiger partial charge in [0.1, 0.15) is 5.69 Å². The van der Waals surface area contributed by atoms with Crippen molar-refractivity contribution in [1.29, 1.82) is 0 Å². The second-order valence-corrected chi connectivity index (χ2v) is 7.62. The fourth-order valence-electron chi connectivity index (χ4n) is 2.18. The molecule has 3 nitrogen and oxygen atoms in total. The minimum atomic E-state index is -0.133. The number of hydrogen-bond donors (Lipinski definition) is 1. The molecule has 0 aliphatic heterocycles. The summed E-state index contributed by atoms with van der Waals surface area (Å²) in [6.45, 7) is 17.8. The highest BCUT2D eigenvalue weighted by molar-refractivity contribution is 5.40. The predicted molar refractivity (Wildman–Crippen MR) is 76.1 cm³/mol. The van der Waals surface area contributed by atoms with Crippen LogP contribution in [0.1, 0.15) is 66.8 Å². The van der Waals surface area contributed by atoms with Crippen LogP contribution in [-0.2, 0) is 17.4 Å². The molecule has 1 heterocycles. The van der Waals surface area contributed by atoms with E-state index in [2.05, 4.69) is 60.5 Å². The summed E-state index contributed by atoms with van der Waals surface area (Å²) in [5, 5.41) is 15.2. The number of hydrogen-bond acceptors (Lipinski definition) is 2. The molecule has 0 saturated carbocycles. The van der Waals surface area contributed by atoms with Crippen molar-refractivity contribution in [3.63, 3.8) is 0 Å². The Morgan fingerprint density at radius 2 is 1.56 bits per heavy atom. The van der Waals surface area contributed by atoms with Crippen molar-refractivity contribution in [2.45, 2.75) is 72.8 Å². The standard InChI is InChI=1S/C15H28N2O/c1-10(2)9-17-13(15(6,7)8)11(18)12(16-17)14(3,4)5/h10,18H,9H2,1-8H3. The molecule has 1 rings (SSSR count). The highest BCUT2D eigenvalue weighted by Crippen LogP contribution is 2.38. The van der Waals surface area contributed by atoms with E-state index in [1.54, 1.807) is 0 Å². The molecule has 3 heteroatoms. The van der Waals surface area contributed by atoms with E-state index in [9.17, 15) is 5.11 Å². The first-order chi connectivity index (χ1) is 7.94. The van der Waals surface area contributed by atoms with E-state index in [4.69, 9.17) is 0 Å². The minimum Gasteiger partial charge on any atom is -0.504 e. The molecular weight excluding hydrogens is 224 g/mol. The molecule has 0 radical (unpaired) electrons. The molecule has 1 aromatic rings. The van der Waals surface area contributed by atoms with Gasteiger partial charge in [-0.05, 0) is 5.92 Å². The van der Waals surface area contributed by atoms with Gasteiger partial charge in [0.2, 0.25) is 0 Å². The molecule has 0 saturated heterocycles. The lowest BCUT2D eigenvalue weighted by Gasteiger charge is -2.21. The number of rotatable bonds is 2. The third-order valence-electron chi connectivity index (χ3n) is 2.89. The van der Waals surface area contributed by atoms with Gasteiger partial charge < -0.3 is 5.11 Å². The van der Waals surface area contributed by atoms with Crippen molar-refractivity contribution in [3.8, 4) is 5.75 Å². The monoisotopic (exact) mass is 252 g/mol. The molecule has 1 N–H and O–H groups in total. The van der Waals surface area contributed by atoms with Crippen molar-refractivity contribution in [2.75, 3.05) is 0 Å². The third kappa shape index (κ3) is 3.06. The maximum Gasteiger partial charge on any atom is 0.161 e. The van der Waals surface area contributed by atoms with Crippen LogP contribution < -0.4 is 0 Å². The van der Waals surface area contributed by atoms with Crippen LogP contribution in [0.4, 0.5) is 0 Å². The van der Waals surface area contributed by atoms with E-state index >= 15 is 0 Å². The van der Waals surface area contributed by atoms with E-state index in [1.807, 2.05) is 4.68 Å². The first-order valence-electron chi connectivity index (χ1n) is 6.75. The van der Waals surface area contributed by atoms with Gasteiger partial charge in [-0.1, -0.05) is 55.4 Å². The first kappa shape index (κ1) is 15.1. The second kappa shape index (κ2) is 4.60. The maximum atomic E-state index is 10.5. The summed E-state index contributed by atoms with van der Waals surface area (Å²) in [5.41, 5.74) is 1.51.